The normalized spacial score (nSPS) is 26.9. The van der Waals surface area contributed by atoms with Crippen molar-refractivity contribution in [2.75, 3.05) is 6.54 Å². The first-order valence-corrected chi connectivity index (χ1v) is 6.89. The van der Waals surface area contributed by atoms with Crippen LogP contribution in [-0.2, 0) is 0 Å². The number of carbonyl (C=O) groups excluding carboxylic acids is 1. The van der Waals surface area contributed by atoms with Crippen LogP contribution in [0.1, 0.15) is 42.8 Å². The van der Waals surface area contributed by atoms with Crippen LogP contribution in [0, 0.1) is 0 Å². The first kappa shape index (κ1) is 11.8. The molecule has 1 fully saturated rings. The van der Waals surface area contributed by atoms with E-state index < -0.39 is 0 Å². The maximum absolute atomic E-state index is 12.0. The summed E-state index contributed by atoms with van der Waals surface area (Å²) in [5.74, 6) is 0.274. The van der Waals surface area contributed by atoms with Crippen LogP contribution in [0.4, 0.5) is 0 Å². The Labute approximate surface area is 101 Å². The fraction of sp³-hybridized carbons (Fsp3) is 0.615. The number of carbonyl (C=O) groups is 1. The first-order valence-electron chi connectivity index (χ1n) is 6.01. The summed E-state index contributed by atoms with van der Waals surface area (Å²) in [5.41, 5.74) is 0. The average Bonchev–Trinajstić information content (AvgIpc) is 2.76. The van der Waals surface area contributed by atoms with Crippen LogP contribution >= 0.6 is 11.3 Å². The lowest BCUT2D eigenvalue weighted by atomic mass is 9.97. The SMILES string of the molecule is C[C@@H]1CCC[C@H](C)N1CC(=O)c1cccs1. The molecule has 2 atom stereocenters. The second kappa shape index (κ2) is 5.11. The molecular formula is C13H19NOS. The molecule has 0 aliphatic carbocycles. The monoisotopic (exact) mass is 237 g/mol. The zero-order chi connectivity index (χ0) is 11.5. The maximum Gasteiger partial charge on any atom is 0.186 e. The molecule has 2 nitrogen and oxygen atoms in total. The van der Waals surface area contributed by atoms with E-state index in [1.54, 1.807) is 11.3 Å². The standard InChI is InChI=1S/C13H19NOS/c1-10-5-3-6-11(2)14(10)9-12(15)13-7-4-8-16-13/h4,7-8,10-11H,3,5-6,9H2,1-2H3/t10-,11+. The zero-order valence-corrected chi connectivity index (χ0v) is 10.8. The third-order valence-corrected chi connectivity index (χ3v) is 4.41. The zero-order valence-electron chi connectivity index (χ0n) is 9.98. The summed E-state index contributed by atoms with van der Waals surface area (Å²) in [6.45, 7) is 5.05. The molecule has 2 rings (SSSR count). The molecule has 1 aromatic rings. The lowest BCUT2D eigenvalue weighted by Gasteiger charge is -2.38. The maximum atomic E-state index is 12.0. The van der Waals surface area contributed by atoms with Gasteiger partial charge in [0.15, 0.2) is 5.78 Å². The fourth-order valence-corrected chi connectivity index (χ4v) is 3.12. The van der Waals surface area contributed by atoms with Crippen molar-refractivity contribution >= 4 is 17.1 Å². The number of hydrogen-bond acceptors (Lipinski definition) is 3. The lowest BCUT2D eigenvalue weighted by Crippen LogP contribution is -2.46. The van der Waals surface area contributed by atoms with E-state index in [9.17, 15) is 4.79 Å². The van der Waals surface area contributed by atoms with Crippen molar-refractivity contribution in [1.82, 2.24) is 4.90 Å². The third kappa shape index (κ3) is 2.53. The van der Waals surface area contributed by atoms with Crippen molar-refractivity contribution in [2.45, 2.75) is 45.2 Å². The van der Waals surface area contributed by atoms with E-state index in [4.69, 9.17) is 0 Å². The number of rotatable bonds is 3. The molecule has 16 heavy (non-hydrogen) atoms. The van der Waals surface area contributed by atoms with Gasteiger partial charge < -0.3 is 0 Å². The van der Waals surface area contributed by atoms with Gasteiger partial charge >= 0.3 is 0 Å². The number of hydrogen-bond donors (Lipinski definition) is 0. The summed E-state index contributed by atoms with van der Waals surface area (Å²) in [4.78, 5) is 15.3. The van der Waals surface area contributed by atoms with Crippen molar-refractivity contribution in [2.24, 2.45) is 0 Å². The minimum absolute atomic E-state index is 0.274. The molecule has 0 saturated carbocycles. The van der Waals surface area contributed by atoms with Crippen molar-refractivity contribution in [3.63, 3.8) is 0 Å². The van der Waals surface area contributed by atoms with Gasteiger partial charge in [-0.25, -0.2) is 0 Å². The van der Waals surface area contributed by atoms with Crippen molar-refractivity contribution in [3.8, 4) is 0 Å². The minimum atomic E-state index is 0.274. The molecule has 2 heterocycles. The summed E-state index contributed by atoms with van der Waals surface area (Å²) in [6.07, 6.45) is 3.75. The van der Waals surface area contributed by atoms with Gasteiger partial charge in [0.2, 0.25) is 0 Å². The molecule has 0 aromatic carbocycles. The predicted molar refractivity (Wildman–Crippen MR) is 68.1 cm³/mol. The van der Waals surface area contributed by atoms with Crippen molar-refractivity contribution in [1.29, 1.82) is 0 Å². The molecule has 3 heteroatoms. The van der Waals surface area contributed by atoms with E-state index >= 15 is 0 Å². The molecule has 0 N–H and O–H groups in total. The Kier molecular flexibility index (Phi) is 3.77. The smallest absolute Gasteiger partial charge is 0.186 e. The first-order chi connectivity index (χ1) is 7.68. The van der Waals surface area contributed by atoms with Crippen LogP contribution in [0.3, 0.4) is 0 Å². The van der Waals surface area contributed by atoms with Crippen molar-refractivity contribution < 1.29 is 4.79 Å². The molecule has 0 unspecified atom stereocenters. The van der Waals surface area contributed by atoms with Crippen LogP contribution in [0.15, 0.2) is 17.5 Å². The second-order valence-electron chi connectivity index (χ2n) is 4.70. The molecule has 1 aromatic heterocycles. The van der Waals surface area contributed by atoms with Gasteiger partial charge in [0.05, 0.1) is 11.4 Å². The number of nitrogens with zero attached hydrogens (tertiary/aromatic N) is 1. The van der Waals surface area contributed by atoms with E-state index in [1.807, 2.05) is 17.5 Å². The van der Waals surface area contributed by atoms with Crippen LogP contribution in [0.2, 0.25) is 0 Å². The van der Waals surface area contributed by atoms with Gasteiger partial charge in [-0.2, -0.15) is 0 Å². The Morgan fingerprint density at radius 2 is 2.12 bits per heavy atom. The summed E-state index contributed by atoms with van der Waals surface area (Å²) in [6, 6.07) is 4.97. The lowest BCUT2D eigenvalue weighted by molar-refractivity contribution is 0.0738. The van der Waals surface area contributed by atoms with Crippen molar-refractivity contribution in [3.05, 3.63) is 22.4 Å². The fourth-order valence-electron chi connectivity index (χ4n) is 2.47. The van der Waals surface area contributed by atoms with Gasteiger partial charge in [0.25, 0.3) is 0 Å². The van der Waals surface area contributed by atoms with E-state index in [2.05, 4.69) is 18.7 Å². The van der Waals surface area contributed by atoms with Gasteiger partial charge in [-0.05, 0) is 38.1 Å². The predicted octanol–water partition coefficient (Wildman–Crippen LogP) is 3.19. The topological polar surface area (TPSA) is 20.3 Å². The van der Waals surface area contributed by atoms with E-state index in [0.29, 0.717) is 18.6 Å². The van der Waals surface area contributed by atoms with Crippen LogP contribution in [0.25, 0.3) is 0 Å². The van der Waals surface area contributed by atoms with Gasteiger partial charge in [-0.1, -0.05) is 12.5 Å². The van der Waals surface area contributed by atoms with E-state index in [-0.39, 0.29) is 5.78 Å². The molecule has 1 saturated heterocycles. The van der Waals surface area contributed by atoms with Gasteiger partial charge in [0.1, 0.15) is 0 Å². The molecular weight excluding hydrogens is 218 g/mol. The average molecular weight is 237 g/mol. The Balaban J connectivity index is 2.00. The molecule has 0 radical (unpaired) electrons. The number of ketones is 1. The molecule has 0 bridgehead atoms. The van der Waals surface area contributed by atoms with Crippen LogP contribution in [0.5, 0.6) is 0 Å². The van der Waals surface area contributed by atoms with Crippen LogP contribution in [-0.4, -0.2) is 29.3 Å². The molecule has 0 spiro atoms. The molecule has 88 valence electrons. The number of thiophene rings is 1. The number of likely N-dealkylation sites (tertiary alicyclic amines) is 1. The van der Waals surface area contributed by atoms with E-state index in [0.717, 1.165) is 4.88 Å². The second-order valence-corrected chi connectivity index (χ2v) is 5.65. The molecule has 0 amide bonds. The Hall–Kier alpha value is -0.670. The number of piperidine rings is 1. The van der Waals surface area contributed by atoms with E-state index in [1.165, 1.54) is 19.3 Å². The minimum Gasteiger partial charge on any atom is -0.292 e. The Morgan fingerprint density at radius 1 is 1.44 bits per heavy atom. The third-order valence-electron chi connectivity index (χ3n) is 3.50. The van der Waals surface area contributed by atoms with Gasteiger partial charge in [-0.15, -0.1) is 11.3 Å². The molecule has 1 aliphatic rings. The Morgan fingerprint density at radius 3 is 2.69 bits per heavy atom. The summed E-state index contributed by atoms with van der Waals surface area (Å²) in [7, 11) is 0. The molecule has 1 aliphatic heterocycles. The highest BCUT2D eigenvalue weighted by Gasteiger charge is 2.26. The quantitative estimate of drug-likeness (QED) is 0.752. The van der Waals surface area contributed by atoms with Gasteiger partial charge in [0, 0.05) is 12.1 Å². The summed E-state index contributed by atoms with van der Waals surface area (Å²) < 4.78 is 0. The largest absolute Gasteiger partial charge is 0.292 e. The number of Topliss-reactive ketones (excluding diaryl/α,β-unsaturated/α-hetero) is 1. The van der Waals surface area contributed by atoms with Gasteiger partial charge in [-0.3, -0.25) is 9.69 Å². The summed E-state index contributed by atoms with van der Waals surface area (Å²) in [5, 5.41) is 1.97. The van der Waals surface area contributed by atoms with Crippen LogP contribution < -0.4 is 0 Å². The Bertz CT molecular complexity index is 337. The highest BCUT2D eigenvalue weighted by atomic mass is 32.1. The summed E-state index contributed by atoms with van der Waals surface area (Å²) >= 11 is 1.55. The highest BCUT2D eigenvalue weighted by molar-refractivity contribution is 7.12. The highest BCUT2D eigenvalue weighted by Crippen LogP contribution is 2.23.